The molecule has 0 aromatic heterocycles. The van der Waals surface area contributed by atoms with Gasteiger partial charge in [-0.25, -0.2) is 4.57 Å². The SMILES string of the molecule is COc1cc(CCC(=O)c2cccc(OC(=O)C(C)(C)C)c2)ccc1OP(=O)(O)Oc1cccc(C(F)(F)F)c1. The highest BCUT2D eigenvalue weighted by molar-refractivity contribution is 7.48. The summed E-state index contributed by atoms with van der Waals surface area (Å²) < 4.78 is 71.7. The van der Waals surface area contributed by atoms with Crippen LogP contribution in [0.1, 0.15) is 48.7 Å². The van der Waals surface area contributed by atoms with Crippen molar-refractivity contribution in [1.29, 1.82) is 0 Å². The first-order valence-corrected chi connectivity index (χ1v) is 13.5. The molecule has 0 aliphatic rings. The van der Waals surface area contributed by atoms with Crippen molar-refractivity contribution in [3.8, 4) is 23.0 Å². The molecule has 3 aromatic rings. The maximum atomic E-state index is 12.9. The van der Waals surface area contributed by atoms with Gasteiger partial charge in [0.15, 0.2) is 17.3 Å². The summed E-state index contributed by atoms with van der Waals surface area (Å²) in [5.41, 5.74) is -0.763. The molecule has 0 fully saturated rings. The van der Waals surface area contributed by atoms with Gasteiger partial charge in [-0.3, -0.25) is 14.5 Å². The molecule has 1 unspecified atom stereocenters. The summed E-state index contributed by atoms with van der Waals surface area (Å²) >= 11 is 0. The first-order valence-electron chi connectivity index (χ1n) is 12.0. The molecule has 0 spiro atoms. The van der Waals surface area contributed by atoms with E-state index < -0.39 is 36.7 Å². The van der Waals surface area contributed by atoms with Gasteiger partial charge in [0, 0.05) is 12.0 Å². The maximum Gasteiger partial charge on any atom is 0.585 e. The van der Waals surface area contributed by atoms with Gasteiger partial charge in [0.2, 0.25) is 0 Å². The van der Waals surface area contributed by atoms with Gasteiger partial charge in [-0.05, 0) is 75.2 Å². The number of rotatable bonds is 10. The number of methoxy groups -OCH3 is 1. The van der Waals surface area contributed by atoms with Crippen molar-refractivity contribution in [3.05, 3.63) is 83.4 Å². The molecule has 3 aromatic carbocycles. The molecule has 0 heterocycles. The Labute approximate surface area is 229 Å². The van der Waals surface area contributed by atoms with E-state index in [-0.39, 0.29) is 35.9 Å². The molecule has 3 rings (SSSR count). The zero-order valence-electron chi connectivity index (χ0n) is 22.2. The van der Waals surface area contributed by atoms with Crippen LogP contribution in [0, 0.1) is 5.41 Å². The van der Waals surface area contributed by atoms with Crippen LogP contribution >= 0.6 is 7.82 Å². The van der Waals surface area contributed by atoms with E-state index in [2.05, 4.69) is 0 Å². The largest absolute Gasteiger partial charge is 0.585 e. The van der Waals surface area contributed by atoms with Gasteiger partial charge in [0.25, 0.3) is 0 Å². The lowest BCUT2D eigenvalue weighted by Crippen LogP contribution is -2.25. The molecule has 0 aliphatic carbocycles. The Balaban J connectivity index is 1.66. The third kappa shape index (κ3) is 8.59. The standard InChI is InChI=1S/C28H28F3O8P/c1-27(2,3)26(33)37-21-9-5-7-19(16-21)23(32)13-11-18-12-14-24(25(15-18)36-4)39-40(34,35)38-22-10-6-8-20(17-22)28(29,30)31/h5-10,12,14-17H,11,13H2,1-4H3,(H,34,35). The number of phosphoric acid groups is 1. The smallest absolute Gasteiger partial charge is 0.493 e. The average molecular weight is 580 g/mol. The molecular formula is C28H28F3O8P. The highest BCUT2D eigenvalue weighted by atomic mass is 31.2. The van der Waals surface area contributed by atoms with Crippen LogP contribution in [0.3, 0.4) is 0 Å². The van der Waals surface area contributed by atoms with Crippen molar-refractivity contribution in [2.24, 2.45) is 5.41 Å². The highest BCUT2D eigenvalue weighted by Crippen LogP contribution is 2.47. The number of Topliss-reactive ketones (excluding diaryl/α,β-unsaturated/α-hetero) is 1. The summed E-state index contributed by atoms with van der Waals surface area (Å²) in [7, 11) is -3.61. The Morgan fingerprint density at radius 3 is 2.20 bits per heavy atom. The van der Waals surface area contributed by atoms with Crippen LogP contribution in [0.15, 0.2) is 66.7 Å². The van der Waals surface area contributed by atoms with E-state index in [1.165, 1.54) is 31.4 Å². The number of halogens is 3. The normalized spacial score (nSPS) is 13.2. The topological polar surface area (TPSA) is 108 Å². The van der Waals surface area contributed by atoms with E-state index in [0.717, 1.165) is 18.2 Å². The summed E-state index contributed by atoms with van der Waals surface area (Å²) in [5.74, 6) is -1.03. The second-order valence-corrected chi connectivity index (χ2v) is 11.1. The van der Waals surface area contributed by atoms with Crippen LogP contribution in [0.5, 0.6) is 23.0 Å². The first kappa shape index (κ1) is 30.7. The molecule has 12 heteroatoms. The zero-order valence-corrected chi connectivity index (χ0v) is 23.0. The Morgan fingerprint density at radius 1 is 0.875 bits per heavy atom. The van der Waals surface area contributed by atoms with E-state index in [1.807, 2.05) is 0 Å². The second kappa shape index (κ2) is 12.1. The number of hydrogen-bond acceptors (Lipinski definition) is 7. The lowest BCUT2D eigenvalue weighted by molar-refractivity contribution is -0.143. The Morgan fingerprint density at radius 2 is 1.55 bits per heavy atom. The molecule has 0 saturated heterocycles. The molecule has 0 amide bonds. The van der Waals surface area contributed by atoms with E-state index in [1.54, 1.807) is 39.0 Å². The van der Waals surface area contributed by atoms with Crippen molar-refractivity contribution in [2.45, 2.75) is 39.8 Å². The number of esters is 1. The van der Waals surface area contributed by atoms with E-state index in [4.69, 9.17) is 18.5 Å². The predicted molar refractivity (Wildman–Crippen MR) is 140 cm³/mol. The number of ketones is 1. The fourth-order valence-electron chi connectivity index (χ4n) is 3.34. The van der Waals surface area contributed by atoms with Crippen molar-refractivity contribution >= 4 is 19.6 Å². The molecule has 1 atom stereocenters. The number of hydrogen-bond donors (Lipinski definition) is 1. The van der Waals surface area contributed by atoms with E-state index in [0.29, 0.717) is 17.2 Å². The van der Waals surface area contributed by atoms with Gasteiger partial charge in [-0.15, -0.1) is 0 Å². The quantitative estimate of drug-likeness (QED) is 0.118. The average Bonchev–Trinajstić information content (AvgIpc) is 2.86. The summed E-state index contributed by atoms with van der Waals surface area (Å²) in [6, 6.07) is 14.1. The molecule has 0 radical (unpaired) electrons. The minimum absolute atomic E-state index is 0.0444. The number of carbonyl (C=O) groups excluding carboxylic acids is 2. The van der Waals surface area contributed by atoms with Crippen LogP contribution < -0.4 is 18.5 Å². The molecule has 0 bridgehead atoms. The number of ether oxygens (including phenoxy) is 2. The summed E-state index contributed by atoms with van der Waals surface area (Å²) in [6.07, 6.45) is -4.29. The maximum absolute atomic E-state index is 12.9. The summed E-state index contributed by atoms with van der Waals surface area (Å²) in [4.78, 5) is 35.0. The van der Waals surface area contributed by atoms with Gasteiger partial charge in [0.05, 0.1) is 18.1 Å². The van der Waals surface area contributed by atoms with Crippen molar-refractivity contribution in [3.63, 3.8) is 0 Å². The van der Waals surface area contributed by atoms with Crippen LogP contribution in [0.25, 0.3) is 0 Å². The summed E-state index contributed by atoms with van der Waals surface area (Å²) in [5, 5.41) is 0. The molecule has 8 nitrogen and oxygen atoms in total. The van der Waals surface area contributed by atoms with Crippen LogP contribution in [0.2, 0.25) is 0 Å². The number of alkyl halides is 3. The predicted octanol–water partition coefficient (Wildman–Crippen LogP) is 7.04. The van der Waals surface area contributed by atoms with Gasteiger partial charge in [-0.2, -0.15) is 13.2 Å². The number of aryl methyl sites for hydroxylation is 1. The van der Waals surface area contributed by atoms with Gasteiger partial charge < -0.3 is 18.5 Å². The number of carbonyl (C=O) groups is 2. The van der Waals surface area contributed by atoms with Crippen molar-refractivity contribution < 1.29 is 50.7 Å². The monoisotopic (exact) mass is 580 g/mol. The van der Waals surface area contributed by atoms with Crippen molar-refractivity contribution in [1.82, 2.24) is 0 Å². The van der Waals surface area contributed by atoms with Gasteiger partial charge in [-0.1, -0.05) is 24.3 Å². The molecule has 214 valence electrons. The first-order chi connectivity index (χ1) is 18.6. The molecule has 0 aliphatic heterocycles. The Bertz CT molecular complexity index is 1430. The van der Waals surface area contributed by atoms with Gasteiger partial charge >= 0.3 is 20.0 Å². The second-order valence-electron chi connectivity index (χ2n) is 9.75. The Hall–Kier alpha value is -3.82. The van der Waals surface area contributed by atoms with Gasteiger partial charge in [0.1, 0.15) is 11.5 Å². The lowest BCUT2D eigenvalue weighted by Gasteiger charge is -2.17. The molecule has 0 saturated carbocycles. The Kier molecular flexibility index (Phi) is 9.32. The lowest BCUT2D eigenvalue weighted by atomic mass is 9.97. The third-order valence-corrected chi connectivity index (χ3v) is 6.31. The number of phosphoric ester groups is 1. The molecular weight excluding hydrogens is 552 g/mol. The van der Waals surface area contributed by atoms with Crippen LogP contribution in [-0.4, -0.2) is 23.8 Å². The molecule has 40 heavy (non-hydrogen) atoms. The molecule has 1 N–H and O–H groups in total. The zero-order chi connectivity index (χ0) is 29.7. The van der Waals surface area contributed by atoms with Crippen molar-refractivity contribution in [2.75, 3.05) is 7.11 Å². The van der Waals surface area contributed by atoms with E-state index in [9.17, 15) is 32.2 Å². The highest BCUT2D eigenvalue weighted by Gasteiger charge is 2.32. The summed E-state index contributed by atoms with van der Waals surface area (Å²) in [6.45, 7) is 5.16. The van der Waals surface area contributed by atoms with E-state index >= 15 is 0 Å². The van der Waals surface area contributed by atoms with Crippen LogP contribution in [0.4, 0.5) is 13.2 Å². The third-order valence-electron chi connectivity index (χ3n) is 5.44. The number of benzene rings is 3. The fourth-order valence-corrected chi connectivity index (χ4v) is 4.16. The van der Waals surface area contributed by atoms with Crippen LogP contribution in [-0.2, 0) is 22.0 Å². The minimum Gasteiger partial charge on any atom is -0.493 e. The minimum atomic E-state index is -4.90. The fraction of sp³-hybridized carbons (Fsp3) is 0.286.